The Kier molecular flexibility index (Phi) is 6.38. The summed E-state index contributed by atoms with van der Waals surface area (Å²) >= 11 is 0. The Bertz CT molecular complexity index is 578. The summed E-state index contributed by atoms with van der Waals surface area (Å²) in [5.74, 6) is 0.346. The Morgan fingerprint density at radius 1 is 1.19 bits per heavy atom. The maximum atomic E-state index is 12.7. The van der Waals surface area contributed by atoms with Gasteiger partial charge in [-0.05, 0) is 49.4 Å². The average molecular weight is 312 g/mol. The van der Waals surface area contributed by atoms with Gasteiger partial charge in [-0.1, -0.05) is 32.8 Å². The molecule has 21 heavy (non-hydrogen) atoms. The lowest BCUT2D eigenvalue weighted by Gasteiger charge is -2.23. The predicted octanol–water partition coefficient (Wildman–Crippen LogP) is 2.87. The van der Waals surface area contributed by atoms with Crippen molar-refractivity contribution in [2.75, 3.05) is 0 Å². The predicted molar refractivity (Wildman–Crippen MR) is 87.7 cm³/mol. The molecule has 1 rings (SSSR count). The van der Waals surface area contributed by atoms with E-state index in [0.29, 0.717) is 17.4 Å². The molecule has 0 radical (unpaired) electrons. The van der Waals surface area contributed by atoms with E-state index in [1.165, 1.54) is 0 Å². The molecule has 0 amide bonds. The lowest BCUT2D eigenvalue weighted by molar-refractivity contribution is 0.390. The molecule has 5 heteroatoms. The van der Waals surface area contributed by atoms with Crippen LogP contribution in [-0.2, 0) is 16.6 Å². The minimum Gasteiger partial charge on any atom is -0.326 e. The highest BCUT2D eigenvalue weighted by Crippen LogP contribution is 2.22. The second kappa shape index (κ2) is 7.38. The largest absolute Gasteiger partial charge is 0.326 e. The lowest BCUT2D eigenvalue weighted by atomic mass is 9.96. The molecule has 0 aliphatic carbocycles. The van der Waals surface area contributed by atoms with Crippen molar-refractivity contribution in [1.82, 2.24) is 4.72 Å². The smallest absolute Gasteiger partial charge is 0.241 e. The highest BCUT2D eigenvalue weighted by atomic mass is 32.2. The molecule has 0 fully saturated rings. The fourth-order valence-electron chi connectivity index (χ4n) is 2.70. The number of rotatable bonds is 7. The molecule has 0 bridgehead atoms. The summed E-state index contributed by atoms with van der Waals surface area (Å²) in [5, 5.41) is 0. The van der Waals surface area contributed by atoms with Crippen LogP contribution < -0.4 is 10.5 Å². The van der Waals surface area contributed by atoms with Crippen LogP contribution in [0, 0.1) is 19.8 Å². The third-order valence-electron chi connectivity index (χ3n) is 4.30. The highest BCUT2D eigenvalue weighted by Gasteiger charge is 2.24. The van der Waals surface area contributed by atoms with E-state index in [1.54, 1.807) is 6.07 Å². The van der Waals surface area contributed by atoms with Gasteiger partial charge < -0.3 is 5.73 Å². The first-order valence-corrected chi connectivity index (χ1v) is 9.07. The number of benzene rings is 1. The number of hydrogen-bond donors (Lipinski definition) is 2. The van der Waals surface area contributed by atoms with Crippen LogP contribution >= 0.6 is 0 Å². The Balaban J connectivity index is 3.16. The Morgan fingerprint density at radius 2 is 1.76 bits per heavy atom. The highest BCUT2D eigenvalue weighted by molar-refractivity contribution is 7.89. The molecule has 0 aromatic heterocycles. The molecule has 0 heterocycles. The van der Waals surface area contributed by atoms with Crippen LogP contribution in [0.2, 0.25) is 0 Å². The van der Waals surface area contributed by atoms with Crippen LogP contribution in [0.1, 0.15) is 50.3 Å². The summed E-state index contributed by atoms with van der Waals surface area (Å²) in [6.45, 7) is 10.2. The molecular formula is C16H28N2O2S. The van der Waals surface area contributed by atoms with Crippen molar-refractivity contribution < 1.29 is 8.42 Å². The molecule has 120 valence electrons. The molecule has 0 spiro atoms. The minimum atomic E-state index is -3.52. The number of aryl methyl sites for hydroxylation is 1. The van der Waals surface area contributed by atoms with Gasteiger partial charge >= 0.3 is 0 Å². The Labute approximate surface area is 129 Å². The van der Waals surface area contributed by atoms with E-state index in [0.717, 1.165) is 29.5 Å². The number of hydrogen-bond acceptors (Lipinski definition) is 3. The van der Waals surface area contributed by atoms with Gasteiger partial charge in [0.25, 0.3) is 0 Å². The van der Waals surface area contributed by atoms with Gasteiger partial charge in [0.15, 0.2) is 0 Å². The molecule has 3 N–H and O–H groups in total. The summed E-state index contributed by atoms with van der Waals surface area (Å²) in [5.41, 5.74) is 8.24. The average Bonchev–Trinajstić information content (AvgIpc) is 2.42. The van der Waals surface area contributed by atoms with Crippen molar-refractivity contribution in [1.29, 1.82) is 0 Å². The van der Waals surface area contributed by atoms with Gasteiger partial charge in [-0.2, -0.15) is 0 Å². The third kappa shape index (κ3) is 4.28. The number of nitrogens with two attached hydrogens (primary N) is 1. The maximum Gasteiger partial charge on any atom is 0.241 e. The normalized spacial score (nSPS) is 13.7. The van der Waals surface area contributed by atoms with E-state index in [1.807, 2.05) is 26.8 Å². The summed E-state index contributed by atoms with van der Waals surface area (Å²) in [7, 11) is -3.52. The SMILES string of the molecule is CCC(CC)C(C)NS(=O)(=O)c1cc(CN)cc(C)c1C. The summed E-state index contributed by atoms with van der Waals surface area (Å²) in [6.07, 6.45) is 1.92. The van der Waals surface area contributed by atoms with Crippen LogP contribution in [-0.4, -0.2) is 14.5 Å². The lowest BCUT2D eigenvalue weighted by Crippen LogP contribution is -2.38. The van der Waals surface area contributed by atoms with E-state index in [2.05, 4.69) is 18.6 Å². The molecular weight excluding hydrogens is 284 g/mol. The fourth-order valence-corrected chi connectivity index (χ4v) is 4.38. The summed E-state index contributed by atoms with van der Waals surface area (Å²) in [6, 6.07) is 3.55. The molecule has 0 saturated carbocycles. The van der Waals surface area contributed by atoms with E-state index >= 15 is 0 Å². The summed E-state index contributed by atoms with van der Waals surface area (Å²) < 4.78 is 28.2. The van der Waals surface area contributed by atoms with Gasteiger partial charge in [0.05, 0.1) is 4.90 Å². The maximum absolute atomic E-state index is 12.7. The number of sulfonamides is 1. The van der Waals surface area contributed by atoms with E-state index < -0.39 is 10.0 Å². The van der Waals surface area contributed by atoms with E-state index in [9.17, 15) is 8.42 Å². The first kappa shape index (κ1) is 18.1. The van der Waals surface area contributed by atoms with E-state index in [-0.39, 0.29) is 6.04 Å². The quantitative estimate of drug-likeness (QED) is 0.813. The molecule has 0 aliphatic heterocycles. The summed E-state index contributed by atoms with van der Waals surface area (Å²) in [4.78, 5) is 0.348. The van der Waals surface area contributed by atoms with Gasteiger partial charge in [-0.3, -0.25) is 0 Å². The van der Waals surface area contributed by atoms with Gasteiger partial charge in [-0.25, -0.2) is 13.1 Å². The standard InChI is InChI=1S/C16H28N2O2S/c1-6-15(7-2)13(5)18-21(19,20)16-9-14(10-17)8-11(3)12(16)4/h8-9,13,15,18H,6-7,10,17H2,1-5H3. The zero-order chi connectivity index (χ0) is 16.2. The van der Waals surface area contributed by atoms with Crippen LogP contribution in [0.25, 0.3) is 0 Å². The third-order valence-corrected chi connectivity index (χ3v) is 5.99. The Morgan fingerprint density at radius 3 is 2.24 bits per heavy atom. The molecule has 4 nitrogen and oxygen atoms in total. The molecule has 0 aliphatic rings. The van der Waals surface area contributed by atoms with Crippen LogP contribution in [0.15, 0.2) is 17.0 Å². The zero-order valence-electron chi connectivity index (χ0n) is 13.7. The molecule has 1 aromatic rings. The zero-order valence-corrected chi connectivity index (χ0v) is 14.5. The Hall–Kier alpha value is -0.910. The van der Waals surface area contributed by atoms with Gasteiger partial charge in [0.2, 0.25) is 10.0 Å². The second-order valence-electron chi connectivity index (χ2n) is 5.73. The van der Waals surface area contributed by atoms with Crippen molar-refractivity contribution in [3.63, 3.8) is 0 Å². The second-order valence-corrected chi connectivity index (χ2v) is 7.41. The van der Waals surface area contributed by atoms with Crippen molar-refractivity contribution in [3.05, 3.63) is 28.8 Å². The van der Waals surface area contributed by atoms with E-state index in [4.69, 9.17) is 5.73 Å². The molecule has 0 saturated heterocycles. The van der Waals surface area contributed by atoms with Gasteiger partial charge in [0, 0.05) is 12.6 Å². The number of nitrogens with one attached hydrogen (secondary N) is 1. The first-order valence-electron chi connectivity index (χ1n) is 7.59. The minimum absolute atomic E-state index is 0.0776. The van der Waals surface area contributed by atoms with Crippen molar-refractivity contribution in [2.45, 2.75) is 64.9 Å². The fraction of sp³-hybridized carbons (Fsp3) is 0.625. The molecule has 1 unspecified atom stereocenters. The van der Waals surface area contributed by atoms with Crippen molar-refractivity contribution in [3.8, 4) is 0 Å². The van der Waals surface area contributed by atoms with Crippen LogP contribution in [0.4, 0.5) is 0 Å². The van der Waals surface area contributed by atoms with Crippen LogP contribution in [0.5, 0.6) is 0 Å². The monoisotopic (exact) mass is 312 g/mol. The van der Waals surface area contributed by atoms with Gasteiger partial charge in [-0.15, -0.1) is 0 Å². The van der Waals surface area contributed by atoms with Crippen molar-refractivity contribution >= 4 is 10.0 Å². The van der Waals surface area contributed by atoms with Crippen molar-refractivity contribution in [2.24, 2.45) is 11.7 Å². The molecule has 1 atom stereocenters. The van der Waals surface area contributed by atoms with Gasteiger partial charge in [0.1, 0.15) is 0 Å². The van der Waals surface area contributed by atoms with Crippen LogP contribution in [0.3, 0.4) is 0 Å². The first-order chi connectivity index (χ1) is 9.76. The molecule has 1 aromatic carbocycles. The topological polar surface area (TPSA) is 72.2 Å².